The third kappa shape index (κ3) is 5.42. The van der Waals surface area contributed by atoms with Crippen molar-refractivity contribution >= 4 is 11.8 Å². The monoisotopic (exact) mass is 385 g/mol. The van der Waals surface area contributed by atoms with E-state index in [0.29, 0.717) is 13.1 Å². The first-order valence-electron chi connectivity index (χ1n) is 9.68. The van der Waals surface area contributed by atoms with E-state index >= 15 is 0 Å². The maximum atomic E-state index is 13.1. The van der Waals surface area contributed by atoms with E-state index in [1.807, 2.05) is 31.1 Å². The maximum absolute atomic E-state index is 13.1. The first-order valence-corrected chi connectivity index (χ1v) is 9.68. The van der Waals surface area contributed by atoms with Crippen molar-refractivity contribution in [2.45, 2.75) is 20.0 Å². The number of rotatable bonds is 6. The van der Waals surface area contributed by atoms with Crippen LogP contribution in [0.2, 0.25) is 0 Å². The fourth-order valence-corrected chi connectivity index (χ4v) is 3.18. The molecule has 1 aromatic heterocycles. The minimum absolute atomic E-state index is 0.223. The van der Waals surface area contributed by atoms with E-state index in [0.717, 1.165) is 55.8 Å². The van der Waals surface area contributed by atoms with Crippen molar-refractivity contribution in [2.24, 2.45) is 4.99 Å². The molecule has 0 atom stereocenters. The van der Waals surface area contributed by atoms with Crippen molar-refractivity contribution in [1.29, 1.82) is 0 Å². The number of hydrogen-bond donors (Lipinski definition) is 1. The number of anilines is 1. The van der Waals surface area contributed by atoms with Crippen molar-refractivity contribution < 1.29 is 9.13 Å². The van der Waals surface area contributed by atoms with E-state index in [2.05, 4.69) is 21.3 Å². The number of hydrogen-bond acceptors (Lipinski definition) is 4. The highest BCUT2D eigenvalue weighted by Crippen LogP contribution is 2.19. The summed E-state index contributed by atoms with van der Waals surface area (Å²) in [7, 11) is 1.98. The van der Waals surface area contributed by atoms with E-state index < -0.39 is 0 Å². The van der Waals surface area contributed by atoms with Gasteiger partial charge in [-0.2, -0.15) is 0 Å². The topological polar surface area (TPSA) is 53.0 Å². The Morgan fingerprint density at radius 1 is 1.25 bits per heavy atom. The van der Waals surface area contributed by atoms with Gasteiger partial charge < -0.3 is 19.9 Å². The molecule has 2 heterocycles. The Morgan fingerprint density at radius 3 is 2.71 bits per heavy atom. The van der Waals surface area contributed by atoms with Crippen molar-refractivity contribution in [2.75, 3.05) is 44.8 Å². The van der Waals surface area contributed by atoms with Crippen LogP contribution >= 0.6 is 0 Å². The van der Waals surface area contributed by atoms with E-state index in [4.69, 9.17) is 9.73 Å². The van der Waals surface area contributed by atoms with Gasteiger partial charge >= 0.3 is 0 Å². The second kappa shape index (κ2) is 10.0. The summed E-state index contributed by atoms with van der Waals surface area (Å²) in [5.74, 6) is 1.56. The lowest BCUT2D eigenvalue weighted by atomic mass is 10.2. The average molecular weight is 385 g/mol. The standard InChI is InChI=1S/C21H28FN5O/c1-3-23-21(26(2)16-17-6-8-19(22)9-7-17)25-15-18-5-4-10-24-20(18)27-11-13-28-14-12-27/h4-10H,3,11-16H2,1-2H3,(H,23,25). The number of ether oxygens (including phenoxy) is 1. The second-order valence-corrected chi connectivity index (χ2v) is 6.74. The van der Waals surface area contributed by atoms with Gasteiger partial charge in [0.05, 0.1) is 19.8 Å². The molecule has 0 bridgehead atoms. The smallest absolute Gasteiger partial charge is 0.194 e. The summed E-state index contributed by atoms with van der Waals surface area (Å²) in [6, 6.07) is 10.6. The molecule has 28 heavy (non-hydrogen) atoms. The Bertz CT molecular complexity index is 775. The average Bonchev–Trinajstić information content (AvgIpc) is 2.73. The molecule has 1 aliphatic rings. The molecule has 3 rings (SSSR count). The zero-order valence-electron chi connectivity index (χ0n) is 16.6. The van der Waals surface area contributed by atoms with Gasteiger partial charge in [0.1, 0.15) is 11.6 Å². The SMILES string of the molecule is CCNC(=NCc1cccnc1N1CCOCC1)N(C)Cc1ccc(F)cc1. The summed E-state index contributed by atoms with van der Waals surface area (Å²) >= 11 is 0. The Balaban J connectivity index is 1.72. The van der Waals surface area contributed by atoms with Crippen LogP contribution < -0.4 is 10.2 Å². The number of aliphatic imine (C=N–C) groups is 1. The van der Waals surface area contributed by atoms with Gasteiger partial charge in [0.2, 0.25) is 0 Å². The van der Waals surface area contributed by atoms with E-state index in [1.165, 1.54) is 12.1 Å². The third-order valence-corrected chi connectivity index (χ3v) is 4.61. The minimum atomic E-state index is -0.223. The fraction of sp³-hybridized carbons (Fsp3) is 0.429. The molecule has 1 aromatic carbocycles. The molecule has 0 amide bonds. The molecule has 1 N–H and O–H groups in total. The lowest BCUT2D eigenvalue weighted by molar-refractivity contribution is 0.122. The molecule has 2 aromatic rings. The first kappa shape index (κ1) is 20.1. The highest BCUT2D eigenvalue weighted by molar-refractivity contribution is 5.79. The van der Waals surface area contributed by atoms with Gasteiger partial charge in [0.25, 0.3) is 0 Å². The molecular weight excluding hydrogens is 357 g/mol. The largest absolute Gasteiger partial charge is 0.378 e. The predicted molar refractivity (Wildman–Crippen MR) is 110 cm³/mol. The zero-order chi connectivity index (χ0) is 19.8. The van der Waals surface area contributed by atoms with Gasteiger partial charge in [0.15, 0.2) is 5.96 Å². The molecule has 1 fully saturated rings. The fourth-order valence-electron chi connectivity index (χ4n) is 3.18. The summed E-state index contributed by atoms with van der Waals surface area (Å²) in [6.45, 7) is 7.15. The molecule has 0 aliphatic carbocycles. The van der Waals surface area contributed by atoms with Gasteiger partial charge in [-0.15, -0.1) is 0 Å². The lowest BCUT2D eigenvalue weighted by Crippen LogP contribution is -2.39. The summed E-state index contributed by atoms with van der Waals surface area (Å²) < 4.78 is 18.6. The van der Waals surface area contributed by atoms with Crippen LogP contribution in [0.25, 0.3) is 0 Å². The maximum Gasteiger partial charge on any atom is 0.194 e. The Morgan fingerprint density at radius 2 is 2.00 bits per heavy atom. The summed E-state index contributed by atoms with van der Waals surface area (Å²) in [4.78, 5) is 13.7. The van der Waals surface area contributed by atoms with Crippen LogP contribution in [0.4, 0.5) is 10.2 Å². The number of benzene rings is 1. The normalized spacial score (nSPS) is 14.8. The van der Waals surface area contributed by atoms with Crippen LogP contribution in [0.3, 0.4) is 0 Å². The Labute approximate surface area is 166 Å². The molecule has 0 saturated carbocycles. The number of morpholine rings is 1. The highest BCUT2D eigenvalue weighted by atomic mass is 19.1. The molecular formula is C21H28FN5O. The Hall–Kier alpha value is -2.67. The van der Waals surface area contributed by atoms with Crippen molar-refractivity contribution in [3.05, 3.63) is 59.5 Å². The summed E-state index contributed by atoms with van der Waals surface area (Å²) in [5.41, 5.74) is 2.12. The zero-order valence-corrected chi connectivity index (χ0v) is 16.6. The molecule has 0 unspecified atom stereocenters. The number of aromatic nitrogens is 1. The van der Waals surface area contributed by atoms with Crippen LogP contribution in [-0.2, 0) is 17.8 Å². The van der Waals surface area contributed by atoms with Crippen LogP contribution in [-0.4, -0.2) is 55.7 Å². The number of nitrogens with one attached hydrogen (secondary N) is 1. The minimum Gasteiger partial charge on any atom is -0.378 e. The third-order valence-electron chi connectivity index (χ3n) is 4.61. The number of pyridine rings is 1. The van der Waals surface area contributed by atoms with Crippen LogP contribution in [0.5, 0.6) is 0 Å². The summed E-state index contributed by atoms with van der Waals surface area (Å²) in [5, 5.41) is 3.33. The van der Waals surface area contributed by atoms with Crippen molar-refractivity contribution in [3.8, 4) is 0 Å². The van der Waals surface area contributed by atoms with Crippen molar-refractivity contribution in [1.82, 2.24) is 15.2 Å². The van der Waals surface area contributed by atoms with E-state index in [-0.39, 0.29) is 5.82 Å². The molecule has 0 spiro atoms. The molecule has 6 nitrogen and oxygen atoms in total. The highest BCUT2D eigenvalue weighted by Gasteiger charge is 2.16. The number of guanidine groups is 1. The van der Waals surface area contributed by atoms with Gasteiger partial charge in [-0.05, 0) is 30.7 Å². The quantitative estimate of drug-likeness (QED) is 0.612. The van der Waals surface area contributed by atoms with Gasteiger partial charge in [-0.1, -0.05) is 18.2 Å². The van der Waals surface area contributed by atoms with Gasteiger partial charge in [-0.3, -0.25) is 0 Å². The lowest BCUT2D eigenvalue weighted by Gasteiger charge is -2.29. The van der Waals surface area contributed by atoms with E-state index in [1.54, 1.807) is 12.1 Å². The summed E-state index contributed by atoms with van der Waals surface area (Å²) in [6.07, 6.45) is 1.82. The molecule has 0 radical (unpaired) electrons. The van der Waals surface area contributed by atoms with Gasteiger partial charge in [0, 0.05) is 45.0 Å². The van der Waals surface area contributed by atoms with Crippen LogP contribution in [0.1, 0.15) is 18.1 Å². The van der Waals surface area contributed by atoms with Crippen LogP contribution in [0, 0.1) is 5.82 Å². The van der Waals surface area contributed by atoms with Crippen molar-refractivity contribution in [3.63, 3.8) is 0 Å². The Kier molecular flexibility index (Phi) is 7.19. The first-order chi connectivity index (χ1) is 13.7. The van der Waals surface area contributed by atoms with E-state index in [9.17, 15) is 4.39 Å². The number of nitrogens with zero attached hydrogens (tertiary/aromatic N) is 4. The molecule has 1 saturated heterocycles. The molecule has 1 aliphatic heterocycles. The van der Waals surface area contributed by atoms with Crippen LogP contribution in [0.15, 0.2) is 47.6 Å². The second-order valence-electron chi connectivity index (χ2n) is 6.74. The molecule has 7 heteroatoms. The number of halogens is 1. The molecule has 150 valence electrons. The van der Waals surface area contributed by atoms with Gasteiger partial charge in [-0.25, -0.2) is 14.4 Å². The predicted octanol–water partition coefficient (Wildman–Crippen LogP) is 2.65.